The van der Waals surface area contributed by atoms with Gasteiger partial charge in [-0.25, -0.2) is 4.40 Å². The Morgan fingerprint density at radius 1 is 1.44 bits per heavy atom. The Morgan fingerprint density at radius 2 is 2.28 bits per heavy atom. The molecule has 18 heavy (non-hydrogen) atoms. The van der Waals surface area contributed by atoms with Crippen molar-refractivity contribution < 1.29 is 4.74 Å². The summed E-state index contributed by atoms with van der Waals surface area (Å²) in [6.07, 6.45) is 8.32. The van der Waals surface area contributed by atoms with Crippen LogP contribution in [0, 0.1) is 0 Å². The zero-order valence-electron chi connectivity index (χ0n) is 11.7. The lowest BCUT2D eigenvalue weighted by molar-refractivity contribution is 0.166. The molecule has 0 aromatic carbocycles. The van der Waals surface area contributed by atoms with Crippen molar-refractivity contribution in [2.45, 2.75) is 39.0 Å². The van der Waals surface area contributed by atoms with Crippen LogP contribution in [-0.2, 0) is 4.74 Å². The second-order valence-electron chi connectivity index (χ2n) is 4.92. The number of nitrogens with zero attached hydrogens (tertiary/aromatic N) is 2. The van der Waals surface area contributed by atoms with Crippen LogP contribution in [0.15, 0.2) is 16.0 Å². The van der Waals surface area contributed by atoms with Gasteiger partial charge in [-0.05, 0) is 38.3 Å². The van der Waals surface area contributed by atoms with Gasteiger partial charge in [0.25, 0.3) is 0 Å². The van der Waals surface area contributed by atoms with Crippen molar-refractivity contribution in [3.8, 4) is 0 Å². The lowest BCUT2D eigenvalue weighted by atomic mass is 10.1. The minimum absolute atomic E-state index is 0.593. The lowest BCUT2D eigenvalue weighted by Gasteiger charge is -2.23. The lowest BCUT2D eigenvalue weighted by Crippen LogP contribution is -2.29. The molecule has 3 nitrogen and oxygen atoms in total. The molecule has 0 aliphatic carbocycles. The van der Waals surface area contributed by atoms with E-state index >= 15 is 0 Å². The number of rotatable bonds is 8. The van der Waals surface area contributed by atoms with E-state index in [1.165, 1.54) is 24.8 Å². The van der Waals surface area contributed by atoms with Gasteiger partial charge in [-0.2, -0.15) is 0 Å². The highest BCUT2D eigenvalue weighted by atomic mass is 32.1. The van der Waals surface area contributed by atoms with E-state index < -0.39 is 0 Å². The molecular weight excluding hydrogens is 244 g/mol. The summed E-state index contributed by atoms with van der Waals surface area (Å²) in [5, 5.41) is 0. The highest BCUT2D eigenvalue weighted by Crippen LogP contribution is 2.11. The van der Waals surface area contributed by atoms with E-state index in [1.807, 2.05) is 0 Å². The van der Waals surface area contributed by atoms with E-state index in [2.05, 4.69) is 42.2 Å². The van der Waals surface area contributed by atoms with Crippen molar-refractivity contribution in [2.24, 2.45) is 4.40 Å². The van der Waals surface area contributed by atoms with Gasteiger partial charge in [0, 0.05) is 19.7 Å². The Bertz CT molecular complexity index is 290. The molecule has 0 spiro atoms. The zero-order valence-corrected chi connectivity index (χ0v) is 12.6. The van der Waals surface area contributed by atoms with Crippen LogP contribution in [0.4, 0.5) is 0 Å². The molecule has 0 fully saturated rings. The van der Waals surface area contributed by atoms with Gasteiger partial charge in [-0.1, -0.05) is 32.3 Å². The molecule has 0 amide bonds. The van der Waals surface area contributed by atoms with Gasteiger partial charge in [0.15, 0.2) is 0 Å². The zero-order chi connectivity index (χ0) is 13.2. The van der Waals surface area contributed by atoms with Gasteiger partial charge in [-0.15, -0.1) is 0 Å². The minimum atomic E-state index is 0.593. The van der Waals surface area contributed by atoms with Gasteiger partial charge in [0.05, 0.1) is 12.3 Å². The van der Waals surface area contributed by atoms with E-state index in [9.17, 15) is 0 Å². The highest BCUT2D eigenvalue weighted by molar-refractivity contribution is 7.79. The number of hydrogen-bond acceptors (Lipinski definition) is 4. The first kappa shape index (κ1) is 15.7. The maximum absolute atomic E-state index is 5.68. The van der Waals surface area contributed by atoms with Crippen molar-refractivity contribution in [2.75, 3.05) is 33.4 Å². The van der Waals surface area contributed by atoms with Gasteiger partial charge in [0.1, 0.15) is 0 Å². The molecule has 0 radical (unpaired) electrons. The molecule has 0 saturated heterocycles. The third-order valence-electron chi connectivity index (χ3n) is 3.21. The monoisotopic (exact) mass is 270 g/mol. The Labute approximate surface area is 117 Å². The van der Waals surface area contributed by atoms with Gasteiger partial charge < -0.3 is 9.64 Å². The fourth-order valence-electron chi connectivity index (χ4n) is 2.09. The molecule has 1 heterocycles. The SMILES string of the molecule is CCCCCCOCC(=NS)C1=CCCN(C)C1. The van der Waals surface area contributed by atoms with E-state index in [0.29, 0.717) is 6.61 Å². The number of thiol groups is 1. The molecule has 4 heteroatoms. The molecule has 1 rings (SSSR count). The van der Waals surface area contributed by atoms with Crippen LogP contribution in [0.5, 0.6) is 0 Å². The van der Waals surface area contributed by atoms with Crippen molar-refractivity contribution in [3.63, 3.8) is 0 Å². The first-order chi connectivity index (χ1) is 8.77. The van der Waals surface area contributed by atoms with Crippen molar-refractivity contribution >= 4 is 18.5 Å². The summed E-state index contributed by atoms with van der Waals surface area (Å²) in [5.41, 5.74) is 2.26. The number of hydrogen-bond donors (Lipinski definition) is 1. The van der Waals surface area contributed by atoms with Crippen LogP contribution in [-0.4, -0.2) is 44.0 Å². The maximum atomic E-state index is 5.68. The molecule has 0 unspecified atom stereocenters. The second-order valence-corrected chi connectivity index (χ2v) is 5.12. The predicted octanol–water partition coefficient (Wildman–Crippen LogP) is 3.13. The fraction of sp³-hybridized carbons (Fsp3) is 0.786. The molecule has 1 aliphatic rings. The first-order valence-electron chi connectivity index (χ1n) is 6.94. The van der Waals surface area contributed by atoms with E-state index in [-0.39, 0.29) is 0 Å². The minimum Gasteiger partial charge on any atom is -0.375 e. The third-order valence-corrected chi connectivity index (χ3v) is 3.46. The van der Waals surface area contributed by atoms with Crippen molar-refractivity contribution in [1.82, 2.24) is 4.90 Å². The number of ether oxygens (including phenoxy) is 1. The summed E-state index contributed by atoms with van der Waals surface area (Å²) in [5.74, 6) is 0. The van der Waals surface area contributed by atoms with Crippen LogP contribution in [0.1, 0.15) is 39.0 Å². The normalized spacial score (nSPS) is 17.9. The molecule has 0 saturated carbocycles. The van der Waals surface area contributed by atoms with Crippen LogP contribution in [0.25, 0.3) is 0 Å². The fourth-order valence-corrected chi connectivity index (χ4v) is 2.27. The summed E-state index contributed by atoms with van der Waals surface area (Å²) < 4.78 is 9.75. The Hall–Kier alpha value is -0.320. The topological polar surface area (TPSA) is 24.8 Å². The quantitative estimate of drug-likeness (QED) is 0.416. The molecule has 1 aliphatic heterocycles. The summed E-state index contributed by atoms with van der Waals surface area (Å²) >= 11 is 4.06. The number of unbranched alkanes of at least 4 members (excludes halogenated alkanes) is 3. The summed E-state index contributed by atoms with van der Waals surface area (Å²) in [7, 11) is 2.13. The Balaban J connectivity index is 2.24. The van der Waals surface area contributed by atoms with E-state index in [1.54, 1.807) is 0 Å². The molecule has 104 valence electrons. The molecule has 0 aromatic rings. The van der Waals surface area contributed by atoms with Crippen molar-refractivity contribution in [1.29, 1.82) is 0 Å². The predicted molar refractivity (Wildman–Crippen MR) is 81.6 cm³/mol. The van der Waals surface area contributed by atoms with Crippen LogP contribution >= 0.6 is 12.8 Å². The number of likely N-dealkylation sites (N-methyl/N-ethyl adjacent to an activating group) is 1. The summed E-state index contributed by atoms with van der Waals surface area (Å²) in [6, 6.07) is 0. The second kappa shape index (κ2) is 9.59. The Kier molecular flexibility index (Phi) is 8.38. The van der Waals surface area contributed by atoms with E-state index in [4.69, 9.17) is 4.74 Å². The highest BCUT2D eigenvalue weighted by Gasteiger charge is 2.13. The van der Waals surface area contributed by atoms with Crippen LogP contribution < -0.4 is 0 Å². The van der Waals surface area contributed by atoms with Crippen molar-refractivity contribution in [3.05, 3.63) is 11.6 Å². The first-order valence-corrected chi connectivity index (χ1v) is 7.34. The van der Waals surface area contributed by atoms with Crippen LogP contribution in [0.2, 0.25) is 0 Å². The van der Waals surface area contributed by atoms with Crippen LogP contribution in [0.3, 0.4) is 0 Å². The summed E-state index contributed by atoms with van der Waals surface area (Å²) in [6.45, 7) is 5.73. The van der Waals surface area contributed by atoms with Gasteiger partial charge in [0.2, 0.25) is 0 Å². The molecule has 0 atom stereocenters. The van der Waals surface area contributed by atoms with E-state index in [0.717, 1.165) is 38.2 Å². The van der Waals surface area contributed by atoms with Gasteiger partial charge >= 0.3 is 0 Å². The van der Waals surface area contributed by atoms with Gasteiger partial charge in [-0.3, -0.25) is 0 Å². The standard InChI is InChI=1S/C14H26N2OS/c1-3-4-5-6-10-17-12-14(15-18)13-8-7-9-16(2)11-13/h8,18H,3-7,9-12H2,1-2H3. The largest absolute Gasteiger partial charge is 0.375 e. The molecule has 0 bridgehead atoms. The third kappa shape index (κ3) is 6.03. The molecular formula is C14H26N2OS. The maximum Gasteiger partial charge on any atom is 0.0897 e. The Morgan fingerprint density at radius 3 is 2.94 bits per heavy atom. The average molecular weight is 270 g/mol. The molecule has 0 aromatic heterocycles. The smallest absolute Gasteiger partial charge is 0.0897 e. The summed E-state index contributed by atoms with van der Waals surface area (Å²) in [4.78, 5) is 2.30. The average Bonchev–Trinajstić information content (AvgIpc) is 2.38. The molecule has 0 N–H and O–H groups in total.